The summed E-state index contributed by atoms with van der Waals surface area (Å²) < 4.78 is 27.5. The molecule has 1 aromatic rings. The van der Waals surface area contributed by atoms with Gasteiger partial charge in [0.15, 0.2) is 6.29 Å². The fourth-order valence-corrected chi connectivity index (χ4v) is 0.850. The van der Waals surface area contributed by atoms with E-state index in [1.54, 1.807) is 6.92 Å². The SMILES string of the molecule is Cc1cc(OC(F)F)cnc1C=O. The van der Waals surface area contributed by atoms with Crippen LogP contribution in [-0.2, 0) is 0 Å². The normalized spacial score (nSPS) is 10.2. The predicted molar refractivity (Wildman–Crippen MR) is 41.0 cm³/mol. The Labute approximate surface area is 73.4 Å². The van der Waals surface area contributed by atoms with Crippen molar-refractivity contribution in [1.29, 1.82) is 0 Å². The highest BCUT2D eigenvalue weighted by atomic mass is 19.3. The first-order valence-electron chi connectivity index (χ1n) is 3.50. The number of aryl methyl sites for hydroxylation is 1. The highest BCUT2D eigenvalue weighted by molar-refractivity contribution is 5.74. The smallest absolute Gasteiger partial charge is 0.387 e. The maximum absolute atomic E-state index is 11.7. The van der Waals surface area contributed by atoms with E-state index in [2.05, 4.69) is 9.72 Å². The lowest BCUT2D eigenvalue weighted by Crippen LogP contribution is -2.03. The summed E-state index contributed by atoms with van der Waals surface area (Å²) in [5.41, 5.74) is 0.731. The number of hydrogen-bond acceptors (Lipinski definition) is 3. The molecule has 0 aromatic carbocycles. The molecule has 0 aliphatic carbocycles. The third-order valence-corrected chi connectivity index (χ3v) is 1.43. The van der Waals surface area contributed by atoms with Crippen LogP contribution in [0.25, 0.3) is 0 Å². The van der Waals surface area contributed by atoms with Crippen molar-refractivity contribution in [2.24, 2.45) is 0 Å². The Morgan fingerprint density at radius 3 is 2.77 bits per heavy atom. The van der Waals surface area contributed by atoms with Gasteiger partial charge in [0.05, 0.1) is 6.20 Å². The summed E-state index contributed by atoms with van der Waals surface area (Å²) in [5.74, 6) is -0.0434. The van der Waals surface area contributed by atoms with Gasteiger partial charge in [-0.1, -0.05) is 0 Å². The van der Waals surface area contributed by atoms with Gasteiger partial charge in [-0.3, -0.25) is 4.79 Å². The van der Waals surface area contributed by atoms with E-state index in [1.165, 1.54) is 6.07 Å². The van der Waals surface area contributed by atoms with Crippen molar-refractivity contribution >= 4 is 6.29 Å². The molecule has 0 atom stereocenters. The molecule has 0 bridgehead atoms. The van der Waals surface area contributed by atoms with E-state index in [1.807, 2.05) is 0 Å². The Kier molecular flexibility index (Phi) is 2.89. The number of carbonyl (C=O) groups excluding carboxylic acids is 1. The van der Waals surface area contributed by atoms with E-state index in [-0.39, 0.29) is 11.4 Å². The van der Waals surface area contributed by atoms with E-state index < -0.39 is 6.61 Å². The Balaban J connectivity index is 2.89. The van der Waals surface area contributed by atoms with Gasteiger partial charge < -0.3 is 4.74 Å². The minimum Gasteiger partial charge on any atom is -0.433 e. The molecule has 0 saturated carbocycles. The van der Waals surface area contributed by atoms with Crippen molar-refractivity contribution in [3.8, 4) is 5.75 Å². The Bertz CT molecular complexity index is 315. The summed E-state index contributed by atoms with van der Waals surface area (Å²) in [5, 5.41) is 0. The number of ether oxygens (including phenoxy) is 1. The maximum Gasteiger partial charge on any atom is 0.387 e. The molecule has 0 unspecified atom stereocenters. The number of hydrogen-bond donors (Lipinski definition) is 0. The molecule has 3 nitrogen and oxygen atoms in total. The van der Waals surface area contributed by atoms with Gasteiger partial charge in [0.2, 0.25) is 0 Å². The number of aldehydes is 1. The summed E-state index contributed by atoms with van der Waals surface area (Å²) in [6.07, 6.45) is 1.64. The molecule has 0 amide bonds. The lowest BCUT2D eigenvalue weighted by molar-refractivity contribution is -0.0501. The third kappa shape index (κ3) is 2.47. The topological polar surface area (TPSA) is 39.2 Å². The van der Waals surface area contributed by atoms with Crippen molar-refractivity contribution in [3.05, 3.63) is 23.5 Å². The summed E-state index contributed by atoms with van der Waals surface area (Å²) >= 11 is 0. The van der Waals surface area contributed by atoms with Crippen LogP contribution in [-0.4, -0.2) is 17.9 Å². The molecule has 5 heteroatoms. The van der Waals surface area contributed by atoms with Crippen LogP contribution in [0.2, 0.25) is 0 Å². The van der Waals surface area contributed by atoms with Crippen LogP contribution in [0.5, 0.6) is 5.75 Å². The zero-order valence-electron chi connectivity index (χ0n) is 6.83. The van der Waals surface area contributed by atoms with E-state index in [0.717, 1.165) is 6.20 Å². The molecular weight excluding hydrogens is 180 g/mol. The predicted octanol–water partition coefficient (Wildman–Crippen LogP) is 1.80. The molecule has 0 spiro atoms. The monoisotopic (exact) mass is 187 g/mol. The second-order valence-electron chi connectivity index (χ2n) is 2.37. The lowest BCUT2D eigenvalue weighted by Gasteiger charge is -2.04. The van der Waals surface area contributed by atoms with E-state index in [9.17, 15) is 13.6 Å². The molecule has 0 fully saturated rings. The molecule has 0 saturated heterocycles. The van der Waals surface area contributed by atoms with Crippen LogP contribution in [0.1, 0.15) is 16.1 Å². The van der Waals surface area contributed by atoms with Crippen LogP contribution in [0, 0.1) is 6.92 Å². The largest absolute Gasteiger partial charge is 0.433 e. The fourth-order valence-electron chi connectivity index (χ4n) is 0.850. The summed E-state index contributed by atoms with van der Waals surface area (Å²) in [6, 6.07) is 1.34. The third-order valence-electron chi connectivity index (χ3n) is 1.43. The fraction of sp³-hybridized carbons (Fsp3) is 0.250. The van der Waals surface area contributed by atoms with Gasteiger partial charge in [-0.15, -0.1) is 0 Å². The first kappa shape index (κ1) is 9.57. The zero-order chi connectivity index (χ0) is 9.84. The molecule has 0 N–H and O–H groups in total. The van der Waals surface area contributed by atoms with Crippen molar-refractivity contribution in [3.63, 3.8) is 0 Å². The van der Waals surface area contributed by atoms with E-state index in [4.69, 9.17) is 0 Å². The molecule has 1 rings (SSSR count). The minimum absolute atomic E-state index is 0.0434. The maximum atomic E-state index is 11.7. The van der Waals surface area contributed by atoms with E-state index in [0.29, 0.717) is 11.8 Å². The van der Waals surface area contributed by atoms with Gasteiger partial charge in [-0.2, -0.15) is 8.78 Å². The van der Waals surface area contributed by atoms with Gasteiger partial charge >= 0.3 is 6.61 Å². The highest BCUT2D eigenvalue weighted by Gasteiger charge is 2.06. The number of aromatic nitrogens is 1. The summed E-state index contributed by atoms with van der Waals surface area (Å²) in [6.45, 7) is -1.28. The molecule has 1 aromatic heterocycles. The van der Waals surface area contributed by atoms with Gasteiger partial charge in [-0.05, 0) is 18.6 Å². The van der Waals surface area contributed by atoms with Crippen LogP contribution in [0.15, 0.2) is 12.3 Å². The first-order valence-corrected chi connectivity index (χ1v) is 3.50. The quantitative estimate of drug-likeness (QED) is 0.677. The molecule has 0 aliphatic rings. The van der Waals surface area contributed by atoms with Crippen molar-refractivity contribution in [2.75, 3.05) is 0 Å². The molecule has 70 valence electrons. The second-order valence-corrected chi connectivity index (χ2v) is 2.37. The van der Waals surface area contributed by atoms with Crippen LogP contribution in [0.4, 0.5) is 8.78 Å². The number of carbonyl (C=O) groups is 1. The zero-order valence-corrected chi connectivity index (χ0v) is 6.83. The average molecular weight is 187 g/mol. The van der Waals surface area contributed by atoms with Crippen LogP contribution >= 0.6 is 0 Å². The van der Waals surface area contributed by atoms with Crippen LogP contribution in [0.3, 0.4) is 0 Å². The number of alkyl halides is 2. The standard InChI is InChI=1S/C8H7F2NO2/c1-5-2-6(13-8(9)10)3-11-7(5)4-12/h2-4,8H,1H3. The minimum atomic E-state index is -2.87. The van der Waals surface area contributed by atoms with Crippen LogP contribution < -0.4 is 4.74 Å². The summed E-state index contributed by atoms with van der Waals surface area (Å²) in [4.78, 5) is 13.9. The molecule has 13 heavy (non-hydrogen) atoms. The number of halogens is 2. The first-order chi connectivity index (χ1) is 6.13. The second kappa shape index (κ2) is 3.93. The lowest BCUT2D eigenvalue weighted by atomic mass is 10.2. The number of nitrogens with zero attached hydrogens (tertiary/aromatic N) is 1. The number of rotatable bonds is 3. The average Bonchev–Trinajstić information content (AvgIpc) is 2.03. The van der Waals surface area contributed by atoms with Gasteiger partial charge in [0, 0.05) is 0 Å². The highest BCUT2D eigenvalue weighted by Crippen LogP contribution is 2.15. The molecule has 0 aliphatic heterocycles. The van der Waals surface area contributed by atoms with Gasteiger partial charge in [-0.25, -0.2) is 4.98 Å². The Hall–Kier alpha value is -1.52. The molecule has 0 radical (unpaired) electrons. The van der Waals surface area contributed by atoms with Gasteiger partial charge in [0.1, 0.15) is 11.4 Å². The molecular formula is C8H7F2NO2. The van der Waals surface area contributed by atoms with Crippen molar-refractivity contribution in [2.45, 2.75) is 13.5 Å². The Morgan fingerprint density at radius 1 is 1.62 bits per heavy atom. The van der Waals surface area contributed by atoms with Crippen molar-refractivity contribution < 1.29 is 18.3 Å². The summed E-state index contributed by atoms with van der Waals surface area (Å²) in [7, 11) is 0. The van der Waals surface area contributed by atoms with E-state index >= 15 is 0 Å². The van der Waals surface area contributed by atoms with Crippen molar-refractivity contribution in [1.82, 2.24) is 4.98 Å². The number of pyridine rings is 1. The Morgan fingerprint density at radius 2 is 2.31 bits per heavy atom. The van der Waals surface area contributed by atoms with Gasteiger partial charge in [0.25, 0.3) is 0 Å². The molecule has 1 heterocycles.